The van der Waals surface area contributed by atoms with Crippen LogP contribution in [0.3, 0.4) is 0 Å². The van der Waals surface area contributed by atoms with Gasteiger partial charge in [0.15, 0.2) is 5.69 Å². The molecule has 0 aliphatic carbocycles. The first kappa shape index (κ1) is 18.9. The number of nitrogens with zero attached hydrogens (tertiary/aromatic N) is 2. The molecule has 0 radical (unpaired) electrons. The van der Waals surface area contributed by atoms with Crippen molar-refractivity contribution in [1.82, 2.24) is 9.97 Å². The van der Waals surface area contributed by atoms with Crippen molar-refractivity contribution in [3.8, 4) is 0 Å². The largest absolute Gasteiger partial charge is 0.464 e. The van der Waals surface area contributed by atoms with Crippen LogP contribution in [0.1, 0.15) is 16.2 Å². The fraction of sp³-hybridized carbons (Fsp3) is 0.154. The molecule has 2 rings (SSSR count). The molecule has 118 valence electrons. The van der Waals surface area contributed by atoms with Gasteiger partial charge in [-0.3, -0.25) is 0 Å². The van der Waals surface area contributed by atoms with Crippen LogP contribution in [-0.4, -0.2) is 28.2 Å². The molecule has 1 N–H and O–H groups in total. The smallest absolute Gasteiger partial charge is 0.358 e. The molecular formula is C13H10Cl4N2O3. The summed E-state index contributed by atoms with van der Waals surface area (Å²) in [5.74, 6) is -0.595. The highest BCUT2D eigenvalue weighted by Crippen LogP contribution is 2.17. The SMILES string of the molecule is COC(=O)c1nc(Cl)ccc1Cl.OCc1nc(Cl)ccc1Cl. The lowest BCUT2D eigenvalue weighted by atomic mass is 10.3. The maximum atomic E-state index is 11.0. The molecule has 2 aromatic rings. The van der Waals surface area contributed by atoms with Gasteiger partial charge in [-0.1, -0.05) is 46.4 Å². The van der Waals surface area contributed by atoms with Crippen molar-refractivity contribution < 1.29 is 14.6 Å². The minimum absolute atomic E-state index is 0.0340. The number of aliphatic hydroxyl groups excluding tert-OH is 1. The van der Waals surface area contributed by atoms with E-state index in [9.17, 15) is 4.79 Å². The van der Waals surface area contributed by atoms with Crippen molar-refractivity contribution in [3.05, 3.63) is 56.0 Å². The van der Waals surface area contributed by atoms with Gasteiger partial charge in [0.1, 0.15) is 10.3 Å². The van der Waals surface area contributed by atoms with Crippen molar-refractivity contribution in [1.29, 1.82) is 0 Å². The summed E-state index contributed by atoms with van der Waals surface area (Å²) in [7, 11) is 1.25. The quantitative estimate of drug-likeness (QED) is 0.625. The Kier molecular flexibility index (Phi) is 7.85. The fourth-order valence-electron chi connectivity index (χ4n) is 1.23. The summed E-state index contributed by atoms with van der Waals surface area (Å²) in [6.45, 7) is -0.181. The lowest BCUT2D eigenvalue weighted by Gasteiger charge is -2.00. The maximum Gasteiger partial charge on any atom is 0.358 e. The Morgan fingerprint density at radius 1 is 1.05 bits per heavy atom. The van der Waals surface area contributed by atoms with E-state index < -0.39 is 5.97 Å². The van der Waals surface area contributed by atoms with Crippen LogP contribution in [0.25, 0.3) is 0 Å². The van der Waals surface area contributed by atoms with E-state index in [2.05, 4.69) is 14.7 Å². The Hall–Kier alpha value is -1.11. The fourth-order valence-corrected chi connectivity index (χ4v) is 1.89. The van der Waals surface area contributed by atoms with Crippen molar-refractivity contribution in [2.45, 2.75) is 6.61 Å². The molecule has 0 fully saturated rings. The highest BCUT2D eigenvalue weighted by molar-refractivity contribution is 6.34. The highest BCUT2D eigenvalue weighted by Gasteiger charge is 2.12. The Morgan fingerprint density at radius 3 is 2.09 bits per heavy atom. The second-order valence-corrected chi connectivity index (χ2v) is 5.27. The first-order valence-electron chi connectivity index (χ1n) is 5.71. The van der Waals surface area contributed by atoms with Crippen LogP contribution in [0.15, 0.2) is 24.3 Å². The minimum Gasteiger partial charge on any atom is -0.464 e. The average Bonchev–Trinajstić information content (AvgIpc) is 2.52. The molecule has 0 saturated heterocycles. The number of pyridine rings is 2. The zero-order chi connectivity index (χ0) is 16.7. The van der Waals surface area contributed by atoms with Gasteiger partial charge in [0.05, 0.1) is 29.5 Å². The molecule has 0 aliphatic rings. The number of hydrogen-bond acceptors (Lipinski definition) is 5. The molecule has 0 unspecified atom stereocenters. The van der Waals surface area contributed by atoms with E-state index in [1.165, 1.54) is 19.2 Å². The van der Waals surface area contributed by atoms with Crippen molar-refractivity contribution >= 4 is 52.4 Å². The summed E-state index contributed by atoms with van der Waals surface area (Å²) in [5, 5.41) is 9.85. The lowest BCUT2D eigenvalue weighted by Crippen LogP contribution is -2.04. The third-order valence-corrected chi connectivity index (χ3v) is 3.30. The minimum atomic E-state index is -0.595. The number of methoxy groups -OCH3 is 1. The van der Waals surface area contributed by atoms with E-state index in [1.807, 2.05) is 0 Å². The van der Waals surface area contributed by atoms with Gasteiger partial charge < -0.3 is 9.84 Å². The van der Waals surface area contributed by atoms with Gasteiger partial charge in [0.2, 0.25) is 0 Å². The number of ether oxygens (including phenoxy) is 1. The summed E-state index contributed by atoms with van der Waals surface area (Å²) < 4.78 is 4.43. The van der Waals surface area contributed by atoms with E-state index in [0.717, 1.165) is 0 Å². The number of aliphatic hydroxyl groups is 1. The molecule has 0 saturated carbocycles. The average molecular weight is 384 g/mol. The molecular weight excluding hydrogens is 374 g/mol. The Bertz CT molecular complexity index is 668. The first-order valence-corrected chi connectivity index (χ1v) is 7.22. The molecule has 22 heavy (non-hydrogen) atoms. The number of rotatable bonds is 2. The van der Waals surface area contributed by atoms with Gasteiger partial charge in [-0.25, -0.2) is 14.8 Å². The van der Waals surface area contributed by atoms with E-state index in [1.54, 1.807) is 12.1 Å². The molecule has 2 aromatic heterocycles. The zero-order valence-corrected chi connectivity index (χ0v) is 14.2. The molecule has 0 atom stereocenters. The predicted octanol–water partition coefficient (Wildman–Crippen LogP) is 4.06. The van der Waals surface area contributed by atoms with Crippen LogP contribution in [-0.2, 0) is 11.3 Å². The van der Waals surface area contributed by atoms with Gasteiger partial charge in [0.25, 0.3) is 0 Å². The number of carbonyl (C=O) groups excluding carboxylic acids is 1. The number of esters is 1. The molecule has 0 aliphatic heterocycles. The van der Waals surface area contributed by atoms with Gasteiger partial charge >= 0.3 is 5.97 Å². The van der Waals surface area contributed by atoms with Gasteiger partial charge in [0, 0.05) is 0 Å². The summed E-state index contributed by atoms with van der Waals surface area (Å²) in [6.07, 6.45) is 0. The normalized spacial score (nSPS) is 9.73. The summed E-state index contributed by atoms with van der Waals surface area (Å²) >= 11 is 22.3. The van der Waals surface area contributed by atoms with Crippen molar-refractivity contribution in [2.75, 3.05) is 7.11 Å². The van der Waals surface area contributed by atoms with Crippen LogP contribution < -0.4 is 0 Å². The topological polar surface area (TPSA) is 72.3 Å². The number of halogens is 4. The second-order valence-electron chi connectivity index (χ2n) is 3.68. The van der Waals surface area contributed by atoms with Crippen LogP contribution >= 0.6 is 46.4 Å². The molecule has 0 bridgehead atoms. The molecule has 2 heterocycles. The molecule has 0 amide bonds. The van der Waals surface area contributed by atoms with Crippen LogP contribution in [0.2, 0.25) is 20.4 Å². The molecule has 0 spiro atoms. The standard InChI is InChI=1S/C7H5Cl2NO2.C6H5Cl2NO/c1-12-7(11)6-4(8)2-3-5(9)10-6;7-4-1-2-6(8)9-5(4)3-10/h2-3H,1H3;1-2,10H,3H2. The Balaban J connectivity index is 0.000000224. The third-order valence-electron chi connectivity index (χ3n) is 2.23. The first-order chi connectivity index (χ1) is 10.4. The molecule has 5 nitrogen and oxygen atoms in total. The van der Waals surface area contributed by atoms with Crippen LogP contribution in [0.5, 0.6) is 0 Å². The van der Waals surface area contributed by atoms with Crippen LogP contribution in [0.4, 0.5) is 0 Å². The van der Waals surface area contributed by atoms with Gasteiger partial charge in [-0.15, -0.1) is 0 Å². The molecule has 9 heteroatoms. The Morgan fingerprint density at radius 2 is 1.59 bits per heavy atom. The van der Waals surface area contributed by atoms with Crippen molar-refractivity contribution in [3.63, 3.8) is 0 Å². The summed E-state index contributed by atoms with van der Waals surface area (Å²) in [5.41, 5.74) is 0.445. The van der Waals surface area contributed by atoms with E-state index in [-0.39, 0.29) is 22.5 Å². The maximum absolute atomic E-state index is 11.0. The van der Waals surface area contributed by atoms with E-state index in [4.69, 9.17) is 51.5 Å². The highest BCUT2D eigenvalue weighted by atomic mass is 35.5. The summed E-state index contributed by atoms with van der Waals surface area (Å²) in [4.78, 5) is 18.4. The lowest BCUT2D eigenvalue weighted by molar-refractivity contribution is 0.0594. The Labute approximate surface area is 146 Å². The monoisotopic (exact) mass is 382 g/mol. The van der Waals surface area contributed by atoms with Gasteiger partial charge in [-0.05, 0) is 24.3 Å². The number of hydrogen-bond donors (Lipinski definition) is 1. The van der Waals surface area contributed by atoms with Crippen molar-refractivity contribution in [2.24, 2.45) is 0 Å². The zero-order valence-electron chi connectivity index (χ0n) is 11.2. The van der Waals surface area contributed by atoms with E-state index >= 15 is 0 Å². The predicted molar refractivity (Wildman–Crippen MR) is 85.8 cm³/mol. The van der Waals surface area contributed by atoms with E-state index in [0.29, 0.717) is 15.9 Å². The van der Waals surface area contributed by atoms with Gasteiger partial charge in [-0.2, -0.15) is 0 Å². The second kappa shape index (κ2) is 9.12. The number of aromatic nitrogens is 2. The third kappa shape index (κ3) is 5.59. The summed E-state index contributed by atoms with van der Waals surface area (Å²) in [6, 6.07) is 6.16. The molecule has 0 aromatic carbocycles. The van der Waals surface area contributed by atoms with Crippen LogP contribution in [0, 0.1) is 0 Å². The number of carbonyl (C=O) groups is 1.